The van der Waals surface area contributed by atoms with E-state index in [-0.39, 0.29) is 6.09 Å². The fourth-order valence-electron chi connectivity index (χ4n) is 2.97. The molecular formula is C17H20N4O2. The maximum absolute atomic E-state index is 11.7. The molecular weight excluding hydrogens is 292 g/mol. The van der Waals surface area contributed by atoms with Gasteiger partial charge in [0.1, 0.15) is 6.07 Å². The Bertz CT molecular complexity index is 739. The second-order valence-corrected chi connectivity index (χ2v) is 5.60. The van der Waals surface area contributed by atoms with Crippen molar-refractivity contribution in [3.63, 3.8) is 0 Å². The third-order valence-electron chi connectivity index (χ3n) is 4.17. The van der Waals surface area contributed by atoms with Crippen LogP contribution in [-0.2, 0) is 11.3 Å². The summed E-state index contributed by atoms with van der Waals surface area (Å²) in [5, 5.41) is 9.46. The molecule has 0 saturated carbocycles. The number of pyridine rings is 1. The average Bonchev–Trinajstić information content (AvgIpc) is 2.92. The van der Waals surface area contributed by atoms with Gasteiger partial charge in [-0.15, -0.1) is 0 Å². The summed E-state index contributed by atoms with van der Waals surface area (Å²) in [7, 11) is 0. The molecule has 1 fully saturated rings. The maximum Gasteiger partial charge on any atom is 0.409 e. The van der Waals surface area contributed by atoms with E-state index in [2.05, 4.69) is 11.0 Å². The van der Waals surface area contributed by atoms with Crippen LogP contribution in [0.2, 0.25) is 0 Å². The predicted molar refractivity (Wildman–Crippen MR) is 86.0 cm³/mol. The first-order chi connectivity index (χ1) is 11.2. The van der Waals surface area contributed by atoms with E-state index in [1.54, 1.807) is 4.90 Å². The lowest BCUT2D eigenvalue weighted by Crippen LogP contribution is -2.48. The smallest absolute Gasteiger partial charge is 0.409 e. The molecule has 1 aliphatic rings. The van der Waals surface area contributed by atoms with Gasteiger partial charge in [0.05, 0.1) is 17.7 Å². The Labute approximate surface area is 135 Å². The molecule has 0 radical (unpaired) electrons. The van der Waals surface area contributed by atoms with Crippen molar-refractivity contribution in [3.8, 4) is 6.07 Å². The lowest BCUT2D eigenvalue weighted by molar-refractivity contribution is 0.0778. The molecule has 6 heteroatoms. The van der Waals surface area contributed by atoms with Gasteiger partial charge in [-0.1, -0.05) is 6.07 Å². The molecule has 0 atom stereocenters. The van der Waals surface area contributed by atoms with Crippen LogP contribution in [0.4, 0.5) is 4.79 Å². The number of fused-ring (bicyclic) bond motifs is 1. The summed E-state index contributed by atoms with van der Waals surface area (Å²) in [5.74, 6) is 0. The summed E-state index contributed by atoms with van der Waals surface area (Å²) in [6.45, 7) is 5.84. The maximum atomic E-state index is 11.7. The van der Waals surface area contributed by atoms with Gasteiger partial charge in [0.25, 0.3) is 0 Å². The van der Waals surface area contributed by atoms with E-state index in [0.717, 1.165) is 36.3 Å². The van der Waals surface area contributed by atoms with Crippen molar-refractivity contribution < 1.29 is 9.53 Å². The Kier molecular flexibility index (Phi) is 4.49. The van der Waals surface area contributed by atoms with Crippen molar-refractivity contribution in [3.05, 3.63) is 41.7 Å². The van der Waals surface area contributed by atoms with Crippen LogP contribution in [0.5, 0.6) is 0 Å². The second-order valence-electron chi connectivity index (χ2n) is 5.60. The summed E-state index contributed by atoms with van der Waals surface area (Å²) in [4.78, 5) is 15.7. The highest BCUT2D eigenvalue weighted by Gasteiger charge is 2.23. The van der Waals surface area contributed by atoms with E-state index in [9.17, 15) is 10.1 Å². The van der Waals surface area contributed by atoms with Crippen LogP contribution in [0.25, 0.3) is 5.52 Å². The van der Waals surface area contributed by atoms with E-state index < -0.39 is 0 Å². The minimum Gasteiger partial charge on any atom is -0.450 e. The van der Waals surface area contributed by atoms with Gasteiger partial charge < -0.3 is 14.0 Å². The van der Waals surface area contributed by atoms with Crippen LogP contribution in [0.1, 0.15) is 18.1 Å². The first kappa shape index (κ1) is 15.4. The van der Waals surface area contributed by atoms with Crippen molar-refractivity contribution in [2.75, 3.05) is 32.8 Å². The van der Waals surface area contributed by atoms with Gasteiger partial charge in [-0.05, 0) is 19.1 Å². The topological polar surface area (TPSA) is 61.0 Å². The van der Waals surface area contributed by atoms with E-state index in [1.165, 1.54) is 0 Å². The molecule has 1 saturated heterocycles. The highest BCUT2D eigenvalue weighted by atomic mass is 16.6. The van der Waals surface area contributed by atoms with E-state index in [0.29, 0.717) is 19.7 Å². The van der Waals surface area contributed by atoms with E-state index in [1.807, 2.05) is 41.9 Å². The van der Waals surface area contributed by atoms with Crippen LogP contribution in [0.15, 0.2) is 30.6 Å². The largest absolute Gasteiger partial charge is 0.450 e. The van der Waals surface area contributed by atoms with Gasteiger partial charge in [-0.2, -0.15) is 5.26 Å². The first-order valence-electron chi connectivity index (χ1n) is 7.85. The number of hydrogen-bond acceptors (Lipinski definition) is 4. The Hall–Kier alpha value is -2.52. The number of hydrogen-bond donors (Lipinski definition) is 0. The van der Waals surface area contributed by atoms with Crippen LogP contribution >= 0.6 is 0 Å². The molecule has 120 valence electrons. The van der Waals surface area contributed by atoms with Crippen molar-refractivity contribution in [1.29, 1.82) is 5.26 Å². The molecule has 23 heavy (non-hydrogen) atoms. The molecule has 0 aliphatic carbocycles. The van der Waals surface area contributed by atoms with Gasteiger partial charge in [0.2, 0.25) is 0 Å². The third kappa shape index (κ3) is 3.15. The highest BCUT2D eigenvalue weighted by molar-refractivity contribution is 5.67. The summed E-state index contributed by atoms with van der Waals surface area (Å²) in [5.41, 5.74) is 2.71. The minimum absolute atomic E-state index is 0.237. The Morgan fingerprint density at radius 2 is 2.09 bits per heavy atom. The fourth-order valence-corrected chi connectivity index (χ4v) is 2.97. The summed E-state index contributed by atoms with van der Waals surface area (Å²) >= 11 is 0. The van der Waals surface area contributed by atoms with Gasteiger partial charge in [0, 0.05) is 50.7 Å². The number of rotatable bonds is 3. The normalized spacial score (nSPS) is 15.6. The second kappa shape index (κ2) is 6.71. The van der Waals surface area contributed by atoms with E-state index in [4.69, 9.17) is 4.74 Å². The SMILES string of the molecule is CCOC(=O)N1CCN(Cc2cn3ccccc3c2C#N)CC1. The fraction of sp³-hybridized carbons (Fsp3) is 0.412. The van der Waals surface area contributed by atoms with Crippen LogP contribution in [-0.4, -0.2) is 53.1 Å². The number of piperazine rings is 1. The molecule has 2 aromatic rings. The number of aromatic nitrogens is 1. The standard InChI is InChI=1S/C17H20N4O2/c1-2-23-17(22)20-9-7-19(8-10-20)12-14-13-21-6-4-3-5-16(21)15(14)11-18/h3-6,13H,2,7-10,12H2,1H3. The molecule has 0 spiro atoms. The lowest BCUT2D eigenvalue weighted by atomic mass is 10.1. The Balaban J connectivity index is 1.68. The molecule has 0 unspecified atom stereocenters. The molecule has 2 aromatic heterocycles. The third-order valence-corrected chi connectivity index (χ3v) is 4.17. The highest BCUT2D eigenvalue weighted by Crippen LogP contribution is 2.20. The molecule has 6 nitrogen and oxygen atoms in total. The summed E-state index contributed by atoms with van der Waals surface area (Å²) in [6.07, 6.45) is 3.74. The van der Waals surface area contributed by atoms with Crippen LogP contribution in [0.3, 0.4) is 0 Å². The van der Waals surface area contributed by atoms with Crippen molar-refractivity contribution in [2.45, 2.75) is 13.5 Å². The number of ether oxygens (including phenoxy) is 1. The Morgan fingerprint density at radius 1 is 1.30 bits per heavy atom. The van der Waals surface area contributed by atoms with Crippen LogP contribution in [0, 0.1) is 11.3 Å². The van der Waals surface area contributed by atoms with Gasteiger partial charge in [0.15, 0.2) is 0 Å². The number of carbonyl (C=O) groups excluding carboxylic acids is 1. The number of nitriles is 1. The van der Waals surface area contributed by atoms with Gasteiger partial charge in [-0.25, -0.2) is 4.79 Å². The van der Waals surface area contributed by atoms with Crippen molar-refractivity contribution >= 4 is 11.6 Å². The zero-order valence-electron chi connectivity index (χ0n) is 13.2. The summed E-state index contributed by atoms with van der Waals surface area (Å²) in [6, 6.07) is 8.18. The zero-order valence-corrected chi connectivity index (χ0v) is 13.2. The van der Waals surface area contributed by atoms with Crippen LogP contribution < -0.4 is 0 Å². The number of carbonyl (C=O) groups is 1. The molecule has 1 aliphatic heterocycles. The summed E-state index contributed by atoms with van der Waals surface area (Å²) < 4.78 is 7.02. The van der Waals surface area contributed by atoms with Crippen molar-refractivity contribution in [1.82, 2.24) is 14.2 Å². The zero-order chi connectivity index (χ0) is 16.2. The van der Waals surface area contributed by atoms with Gasteiger partial charge >= 0.3 is 6.09 Å². The first-order valence-corrected chi connectivity index (χ1v) is 7.85. The molecule has 1 amide bonds. The van der Waals surface area contributed by atoms with Crippen molar-refractivity contribution in [2.24, 2.45) is 0 Å². The predicted octanol–water partition coefficient (Wildman–Crippen LogP) is 2.09. The molecule has 0 N–H and O–H groups in total. The van der Waals surface area contributed by atoms with E-state index >= 15 is 0 Å². The lowest BCUT2D eigenvalue weighted by Gasteiger charge is -2.33. The molecule has 3 heterocycles. The number of amides is 1. The molecule has 3 rings (SSSR count). The average molecular weight is 312 g/mol. The minimum atomic E-state index is -0.237. The Morgan fingerprint density at radius 3 is 2.78 bits per heavy atom. The monoisotopic (exact) mass is 312 g/mol. The number of nitrogens with zero attached hydrogens (tertiary/aromatic N) is 4. The van der Waals surface area contributed by atoms with Gasteiger partial charge in [-0.3, -0.25) is 4.90 Å². The molecule has 0 aromatic carbocycles. The molecule has 0 bridgehead atoms. The quantitative estimate of drug-likeness (QED) is 0.870.